The van der Waals surface area contributed by atoms with Gasteiger partial charge in [-0.3, -0.25) is 0 Å². The molecule has 1 aliphatic rings. The lowest BCUT2D eigenvalue weighted by atomic mass is 9.99. The Labute approximate surface area is 118 Å². The van der Waals surface area contributed by atoms with Crippen LogP contribution in [0.4, 0.5) is 0 Å². The minimum Gasteiger partial charge on any atom is -0.391 e. The minimum atomic E-state index is -0.405. The maximum absolute atomic E-state index is 9.92. The van der Waals surface area contributed by atoms with Crippen molar-refractivity contribution in [2.45, 2.75) is 25.0 Å². The molecule has 1 aliphatic carbocycles. The standard InChI is InChI=1S/C11H13Br2NO.ClH/c12-8-4-3-7(5-9(8)13)10(14)11(15)6-1-2-6;/h3-6,10-11,15H,1-2,14H2;1H/t10-,11+;/m1./s1. The zero-order valence-corrected chi connectivity index (χ0v) is 12.6. The van der Waals surface area contributed by atoms with Gasteiger partial charge in [0.2, 0.25) is 0 Å². The van der Waals surface area contributed by atoms with Crippen LogP contribution in [0.15, 0.2) is 27.1 Å². The molecule has 1 saturated carbocycles. The number of rotatable bonds is 3. The molecule has 1 aromatic rings. The quantitative estimate of drug-likeness (QED) is 0.855. The first-order valence-corrected chi connectivity index (χ1v) is 6.57. The first-order chi connectivity index (χ1) is 7.09. The maximum atomic E-state index is 9.92. The molecule has 5 heteroatoms. The van der Waals surface area contributed by atoms with E-state index in [-0.39, 0.29) is 18.4 Å². The van der Waals surface area contributed by atoms with E-state index in [1.54, 1.807) is 0 Å². The van der Waals surface area contributed by atoms with Crippen molar-refractivity contribution >= 4 is 44.3 Å². The van der Waals surface area contributed by atoms with Gasteiger partial charge < -0.3 is 10.8 Å². The zero-order valence-electron chi connectivity index (χ0n) is 8.57. The van der Waals surface area contributed by atoms with Crippen molar-refractivity contribution in [3.8, 4) is 0 Å². The summed E-state index contributed by atoms with van der Waals surface area (Å²) < 4.78 is 1.97. The average Bonchev–Trinajstić information content (AvgIpc) is 3.03. The Morgan fingerprint density at radius 3 is 2.38 bits per heavy atom. The fraction of sp³-hybridized carbons (Fsp3) is 0.455. The largest absolute Gasteiger partial charge is 0.391 e. The highest BCUT2D eigenvalue weighted by atomic mass is 79.9. The van der Waals surface area contributed by atoms with Gasteiger partial charge in [0.05, 0.1) is 12.1 Å². The predicted octanol–water partition coefficient (Wildman–Crippen LogP) is 3.40. The lowest BCUT2D eigenvalue weighted by molar-refractivity contribution is 0.122. The summed E-state index contributed by atoms with van der Waals surface area (Å²) in [6, 6.07) is 5.58. The van der Waals surface area contributed by atoms with Gasteiger partial charge in [-0.05, 0) is 68.3 Å². The molecule has 0 heterocycles. The van der Waals surface area contributed by atoms with Crippen molar-refractivity contribution in [1.29, 1.82) is 0 Å². The monoisotopic (exact) mass is 369 g/mol. The molecule has 1 fully saturated rings. The number of nitrogens with two attached hydrogens (primary N) is 1. The molecule has 16 heavy (non-hydrogen) atoms. The minimum absolute atomic E-state index is 0. The summed E-state index contributed by atoms with van der Waals surface area (Å²) in [7, 11) is 0. The van der Waals surface area contributed by atoms with E-state index in [4.69, 9.17) is 5.73 Å². The van der Waals surface area contributed by atoms with Crippen LogP contribution in [0.2, 0.25) is 0 Å². The van der Waals surface area contributed by atoms with E-state index in [1.165, 1.54) is 0 Å². The molecule has 0 radical (unpaired) electrons. The van der Waals surface area contributed by atoms with Crippen LogP contribution >= 0.6 is 44.3 Å². The normalized spacial score (nSPS) is 18.8. The third-order valence-electron chi connectivity index (χ3n) is 2.80. The molecule has 3 N–H and O–H groups in total. The fourth-order valence-electron chi connectivity index (χ4n) is 1.65. The van der Waals surface area contributed by atoms with E-state index in [0.29, 0.717) is 5.92 Å². The highest BCUT2D eigenvalue weighted by Crippen LogP contribution is 2.38. The third-order valence-corrected chi connectivity index (χ3v) is 4.68. The lowest BCUT2D eigenvalue weighted by Crippen LogP contribution is -2.27. The molecule has 0 bridgehead atoms. The van der Waals surface area contributed by atoms with E-state index in [0.717, 1.165) is 27.4 Å². The van der Waals surface area contributed by atoms with Crippen LogP contribution < -0.4 is 5.73 Å². The van der Waals surface area contributed by atoms with Crippen LogP contribution in [-0.4, -0.2) is 11.2 Å². The molecule has 0 aromatic heterocycles. The second kappa shape index (κ2) is 5.83. The van der Waals surface area contributed by atoms with Gasteiger partial charge in [-0.2, -0.15) is 0 Å². The van der Waals surface area contributed by atoms with Gasteiger partial charge in [0.15, 0.2) is 0 Å². The van der Waals surface area contributed by atoms with E-state index in [1.807, 2.05) is 18.2 Å². The fourth-order valence-corrected chi connectivity index (χ4v) is 2.29. The van der Waals surface area contributed by atoms with Crippen LogP contribution in [0, 0.1) is 5.92 Å². The molecular weight excluding hydrogens is 357 g/mol. The molecule has 2 nitrogen and oxygen atoms in total. The van der Waals surface area contributed by atoms with E-state index >= 15 is 0 Å². The summed E-state index contributed by atoms with van der Waals surface area (Å²) in [4.78, 5) is 0. The van der Waals surface area contributed by atoms with E-state index < -0.39 is 6.10 Å². The van der Waals surface area contributed by atoms with Crippen molar-refractivity contribution in [2.24, 2.45) is 11.7 Å². The highest BCUT2D eigenvalue weighted by Gasteiger charge is 2.34. The Hall–Kier alpha value is 0.390. The maximum Gasteiger partial charge on any atom is 0.0760 e. The molecular formula is C11H14Br2ClNO. The molecule has 0 saturated heterocycles. The van der Waals surface area contributed by atoms with E-state index in [9.17, 15) is 5.11 Å². The third kappa shape index (κ3) is 3.20. The average molecular weight is 372 g/mol. The van der Waals surface area contributed by atoms with Gasteiger partial charge in [0.25, 0.3) is 0 Å². The predicted molar refractivity (Wildman–Crippen MR) is 74.7 cm³/mol. The second-order valence-electron chi connectivity index (χ2n) is 4.03. The molecule has 0 spiro atoms. The Bertz CT molecular complexity index is 371. The van der Waals surface area contributed by atoms with Gasteiger partial charge in [-0.1, -0.05) is 6.07 Å². The highest BCUT2D eigenvalue weighted by molar-refractivity contribution is 9.13. The van der Waals surface area contributed by atoms with Crippen molar-refractivity contribution in [1.82, 2.24) is 0 Å². The molecule has 2 rings (SSSR count). The van der Waals surface area contributed by atoms with Crippen LogP contribution in [0.25, 0.3) is 0 Å². The molecule has 0 aliphatic heterocycles. The Balaban J connectivity index is 0.00000128. The lowest BCUT2D eigenvalue weighted by Gasteiger charge is -2.19. The van der Waals surface area contributed by atoms with Gasteiger partial charge in [-0.25, -0.2) is 0 Å². The summed E-state index contributed by atoms with van der Waals surface area (Å²) in [5, 5.41) is 9.92. The first kappa shape index (κ1) is 14.5. The molecule has 90 valence electrons. The van der Waals surface area contributed by atoms with Crippen molar-refractivity contribution in [2.75, 3.05) is 0 Å². The molecule has 0 amide bonds. The number of aliphatic hydroxyl groups excluding tert-OH is 1. The van der Waals surface area contributed by atoms with Crippen LogP contribution in [0.3, 0.4) is 0 Å². The number of benzene rings is 1. The van der Waals surface area contributed by atoms with Crippen molar-refractivity contribution in [3.63, 3.8) is 0 Å². The summed E-state index contributed by atoms with van der Waals surface area (Å²) in [5.74, 6) is 0.405. The Morgan fingerprint density at radius 1 is 1.25 bits per heavy atom. The zero-order chi connectivity index (χ0) is 11.0. The summed E-state index contributed by atoms with van der Waals surface area (Å²) in [6.07, 6.45) is 1.80. The Morgan fingerprint density at radius 2 is 1.88 bits per heavy atom. The Kier molecular flexibility index (Phi) is 5.26. The summed E-state index contributed by atoms with van der Waals surface area (Å²) in [5.41, 5.74) is 6.99. The van der Waals surface area contributed by atoms with Gasteiger partial charge in [-0.15, -0.1) is 12.4 Å². The van der Waals surface area contributed by atoms with Crippen LogP contribution in [0.1, 0.15) is 24.4 Å². The number of hydrogen-bond donors (Lipinski definition) is 2. The van der Waals surface area contributed by atoms with Gasteiger partial charge in [0.1, 0.15) is 0 Å². The molecule has 2 atom stereocenters. The molecule has 1 aromatic carbocycles. The summed E-state index contributed by atoms with van der Waals surface area (Å²) in [6.45, 7) is 0. The van der Waals surface area contributed by atoms with Crippen molar-refractivity contribution in [3.05, 3.63) is 32.7 Å². The SMILES string of the molecule is Cl.N[C@H](c1ccc(Br)c(Br)c1)[C@@H](O)C1CC1. The smallest absolute Gasteiger partial charge is 0.0760 e. The van der Waals surface area contributed by atoms with Gasteiger partial charge in [0, 0.05) is 8.95 Å². The molecule has 0 unspecified atom stereocenters. The van der Waals surface area contributed by atoms with Crippen molar-refractivity contribution < 1.29 is 5.11 Å². The number of hydrogen-bond acceptors (Lipinski definition) is 2. The first-order valence-electron chi connectivity index (χ1n) is 4.98. The van der Waals surface area contributed by atoms with Crippen LogP contribution in [-0.2, 0) is 0 Å². The number of halogens is 3. The topological polar surface area (TPSA) is 46.2 Å². The second-order valence-corrected chi connectivity index (χ2v) is 5.74. The van der Waals surface area contributed by atoms with Crippen LogP contribution in [0.5, 0.6) is 0 Å². The van der Waals surface area contributed by atoms with Gasteiger partial charge >= 0.3 is 0 Å². The summed E-state index contributed by atoms with van der Waals surface area (Å²) >= 11 is 6.84. The van der Waals surface area contributed by atoms with E-state index in [2.05, 4.69) is 31.9 Å². The number of aliphatic hydroxyl groups is 1.